The smallest absolute Gasteiger partial charge is 0.264 e. The molecule has 0 spiro atoms. The van der Waals surface area contributed by atoms with Crippen LogP contribution >= 0.6 is 10.7 Å². The van der Waals surface area contributed by atoms with Gasteiger partial charge in [-0.3, -0.25) is 0 Å². The first-order valence-corrected chi connectivity index (χ1v) is 8.71. The third-order valence-electron chi connectivity index (χ3n) is 3.25. The molecule has 0 aromatic heterocycles. The van der Waals surface area contributed by atoms with Crippen LogP contribution in [0.4, 0.5) is 10.1 Å². The SMILES string of the molecule is Cc1ccccc1CNc1cc(F)c(S(=O)(=O)Cl)cc1C=N. The van der Waals surface area contributed by atoms with Crippen molar-refractivity contribution in [2.45, 2.75) is 18.4 Å². The molecule has 4 nitrogen and oxygen atoms in total. The molecular formula is C15H14ClFN2O2S. The lowest BCUT2D eigenvalue weighted by atomic mass is 10.1. The molecule has 0 unspecified atom stereocenters. The maximum atomic E-state index is 13.9. The van der Waals surface area contributed by atoms with Gasteiger partial charge in [-0.2, -0.15) is 0 Å². The Hall–Kier alpha value is -1.92. The highest BCUT2D eigenvalue weighted by molar-refractivity contribution is 8.13. The molecule has 116 valence electrons. The van der Waals surface area contributed by atoms with E-state index in [-0.39, 0.29) is 5.56 Å². The first-order valence-electron chi connectivity index (χ1n) is 6.40. The molecule has 2 N–H and O–H groups in total. The average molecular weight is 341 g/mol. The Balaban J connectivity index is 2.34. The van der Waals surface area contributed by atoms with Gasteiger partial charge in [-0.15, -0.1) is 0 Å². The molecule has 0 atom stereocenters. The van der Waals surface area contributed by atoms with Crippen LogP contribution in [0, 0.1) is 18.2 Å². The quantitative estimate of drug-likeness (QED) is 0.644. The largest absolute Gasteiger partial charge is 0.380 e. The van der Waals surface area contributed by atoms with Crippen molar-refractivity contribution in [2.75, 3.05) is 5.32 Å². The number of benzene rings is 2. The third-order valence-corrected chi connectivity index (χ3v) is 4.59. The lowest BCUT2D eigenvalue weighted by Gasteiger charge is -2.12. The van der Waals surface area contributed by atoms with E-state index in [1.165, 1.54) is 0 Å². The predicted molar refractivity (Wildman–Crippen MR) is 85.8 cm³/mol. The topological polar surface area (TPSA) is 70.0 Å². The van der Waals surface area contributed by atoms with Gasteiger partial charge >= 0.3 is 0 Å². The summed E-state index contributed by atoms with van der Waals surface area (Å²) in [6.07, 6.45) is 0.950. The molecule has 0 radical (unpaired) electrons. The van der Waals surface area contributed by atoms with Crippen LogP contribution in [0.1, 0.15) is 16.7 Å². The van der Waals surface area contributed by atoms with E-state index in [9.17, 15) is 12.8 Å². The highest BCUT2D eigenvalue weighted by Gasteiger charge is 2.18. The molecule has 0 aliphatic rings. The van der Waals surface area contributed by atoms with Crippen LogP contribution in [0.3, 0.4) is 0 Å². The van der Waals surface area contributed by atoms with E-state index in [0.29, 0.717) is 12.2 Å². The lowest BCUT2D eigenvalue weighted by Crippen LogP contribution is -2.06. The van der Waals surface area contributed by atoms with Gasteiger partial charge in [-0.05, 0) is 30.2 Å². The Bertz CT molecular complexity index is 822. The van der Waals surface area contributed by atoms with Crippen LogP contribution in [-0.2, 0) is 15.6 Å². The summed E-state index contributed by atoms with van der Waals surface area (Å²) >= 11 is 0. The Morgan fingerprint density at radius 1 is 1.32 bits per heavy atom. The fourth-order valence-electron chi connectivity index (χ4n) is 2.03. The normalized spacial score (nSPS) is 11.2. The highest BCUT2D eigenvalue weighted by Crippen LogP contribution is 2.26. The maximum absolute atomic E-state index is 13.9. The minimum Gasteiger partial charge on any atom is -0.380 e. The molecule has 0 saturated heterocycles. The highest BCUT2D eigenvalue weighted by atomic mass is 35.7. The molecule has 0 aliphatic carbocycles. The van der Waals surface area contributed by atoms with Gasteiger partial charge < -0.3 is 10.7 Å². The number of aryl methyl sites for hydroxylation is 1. The second kappa shape index (κ2) is 6.46. The van der Waals surface area contributed by atoms with Gasteiger partial charge in [0.05, 0.1) is 0 Å². The van der Waals surface area contributed by atoms with Crippen molar-refractivity contribution in [1.29, 1.82) is 5.41 Å². The monoisotopic (exact) mass is 340 g/mol. The summed E-state index contributed by atoms with van der Waals surface area (Å²) in [5.74, 6) is -0.951. The van der Waals surface area contributed by atoms with Gasteiger partial charge in [0.1, 0.15) is 10.7 Å². The number of hydrogen-bond donors (Lipinski definition) is 2. The van der Waals surface area contributed by atoms with E-state index in [0.717, 1.165) is 29.5 Å². The van der Waals surface area contributed by atoms with Gasteiger partial charge in [0.2, 0.25) is 0 Å². The fraction of sp³-hybridized carbons (Fsp3) is 0.133. The molecule has 2 rings (SSSR count). The maximum Gasteiger partial charge on any atom is 0.264 e. The van der Waals surface area contributed by atoms with Crippen molar-refractivity contribution in [1.82, 2.24) is 0 Å². The van der Waals surface area contributed by atoms with Crippen molar-refractivity contribution in [3.05, 3.63) is 58.9 Å². The zero-order valence-corrected chi connectivity index (χ0v) is 13.3. The molecule has 0 amide bonds. The molecule has 2 aromatic rings. The molecule has 0 aliphatic heterocycles. The van der Waals surface area contributed by atoms with E-state index >= 15 is 0 Å². The molecular weight excluding hydrogens is 327 g/mol. The Kier molecular flexibility index (Phi) is 4.83. The second-order valence-electron chi connectivity index (χ2n) is 4.73. The average Bonchev–Trinajstić information content (AvgIpc) is 2.45. The summed E-state index contributed by atoms with van der Waals surface area (Å²) in [5.41, 5.74) is 2.67. The molecule has 22 heavy (non-hydrogen) atoms. The van der Waals surface area contributed by atoms with Crippen LogP contribution in [0.5, 0.6) is 0 Å². The van der Waals surface area contributed by atoms with E-state index < -0.39 is 19.8 Å². The van der Waals surface area contributed by atoms with Crippen LogP contribution in [-0.4, -0.2) is 14.6 Å². The van der Waals surface area contributed by atoms with Crippen molar-refractivity contribution in [3.63, 3.8) is 0 Å². The zero-order valence-electron chi connectivity index (χ0n) is 11.7. The van der Waals surface area contributed by atoms with Crippen LogP contribution in [0.2, 0.25) is 0 Å². The molecule has 0 fully saturated rings. The van der Waals surface area contributed by atoms with Gasteiger partial charge in [-0.1, -0.05) is 24.3 Å². The van der Waals surface area contributed by atoms with E-state index in [2.05, 4.69) is 5.32 Å². The minimum absolute atomic E-state index is 0.245. The van der Waals surface area contributed by atoms with Crippen molar-refractivity contribution >= 4 is 31.6 Å². The summed E-state index contributed by atoms with van der Waals surface area (Å²) in [7, 11) is 0.985. The number of hydrogen-bond acceptors (Lipinski definition) is 4. The van der Waals surface area contributed by atoms with E-state index in [4.69, 9.17) is 16.1 Å². The lowest BCUT2D eigenvalue weighted by molar-refractivity contribution is 0.576. The summed E-state index contributed by atoms with van der Waals surface area (Å²) in [6.45, 7) is 2.39. The van der Waals surface area contributed by atoms with Crippen molar-refractivity contribution < 1.29 is 12.8 Å². The molecule has 0 saturated carbocycles. The van der Waals surface area contributed by atoms with Gasteiger partial charge in [-0.25, -0.2) is 12.8 Å². The Labute approximate surface area is 132 Å². The first-order chi connectivity index (χ1) is 10.3. The predicted octanol–water partition coefficient (Wildman–Crippen LogP) is 3.67. The Morgan fingerprint density at radius 2 is 2.00 bits per heavy atom. The first kappa shape index (κ1) is 16.5. The van der Waals surface area contributed by atoms with Crippen LogP contribution in [0.15, 0.2) is 41.3 Å². The van der Waals surface area contributed by atoms with Gasteiger partial charge in [0.15, 0.2) is 0 Å². The van der Waals surface area contributed by atoms with Crippen molar-refractivity contribution in [3.8, 4) is 0 Å². The summed E-state index contributed by atoms with van der Waals surface area (Å²) in [6, 6.07) is 9.78. The fourth-order valence-corrected chi connectivity index (χ4v) is 2.94. The molecule has 0 bridgehead atoms. The van der Waals surface area contributed by atoms with Gasteiger partial charge in [0.25, 0.3) is 9.05 Å². The summed E-state index contributed by atoms with van der Waals surface area (Å²) in [4.78, 5) is -0.630. The third kappa shape index (κ3) is 3.64. The number of halogens is 2. The van der Waals surface area contributed by atoms with Crippen LogP contribution in [0.25, 0.3) is 0 Å². The molecule has 2 aromatic carbocycles. The van der Waals surface area contributed by atoms with Gasteiger partial charge in [0, 0.05) is 34.7 Å². The van der Waals surface area contributed by atoms with E-state index in [1.807, 2.05) is 31.2 Å². The van der Waals surface area contributed by atoms with E-state index in [1.54, 1.807) is 0 Å². The van der Waals surface area contributed by atoms with Crippen molar-refractivity contribution in [2.24, 2.45) is 0 Å². The van der Waals surface area contributed by atoms with Crippen LogP contribution < -0.4 is 5.32 Å². The second-order valence-corrected chi connectivity index (χ2v) is 7.27. The summed E-state index contributed by atoms with van der Waals surface area (Å²) < 4.78 is 36.5. The summed E-state index contributed by atoms with van der Waals surface area (Å²) in [5, 5.41) is 10.4. The minimum atomic E-state index is -4.19. The number of rotatable bonds is 5. The zero-order chi connectivity index (χ0) is 16.3. The standard InChI is InChI=1S/C15H14ClFN2O2S/c1-10-4-2-3-5-11(10)9-19-14-7-13(17)15(22(16,20)21)6-12(14)8-18/h2-8,18-19H,9H2,1H3. The molecule has 7 heteroatoms. The number of nitrogens with one attached hydrogen (secondary N) is 2. The number of anilines is 1. The molecule has 0 heterocycles. The Morgan fingerprint density at radius 3 is 2.59 bits per heavy atom.